The van der Waals surface area contributed by atoms with Crippen LogP contribution >= 0.6 is 22.6 Å². The van der Waals surface area contributed by atoms with Crippen molar-refractivity contribution in [2.75, 3.05) is 13.2 Å². The van der Waals surface area contributed by atoms with Gasteiger partial charge in [0.1, 0.15) is 3.61 Å². The molecule has 0 aromatic carbocycles. The molecule has 0 aromatic rings. The summed E-state index contributed by atoms with van der Waals surface area (Å²) < 4.78 is 9.52. The molecular formula is C11H18INO4. The van der Waals surface area contributed by atoms with Crippen LogP contribution in [0, 0.1) is 0 Å². The minimum Gasteiger partial charge on any atom is -0.460 e. The van der Waals surface area contributed by atoms with Crippen molar-refractivity contribution in [3.63, 3.8) is 0 Å². The molecule has 0 aromatic heterocycles. The standard InChI is InChI=1S/C11H18INO4/c1-5-7-13-9(17-11(3,4)12)8(14)10(15)16-6-2/h5,9,13H,1,6-7H2,2-4H3. The Morgan fingerprint density at radius 3 is 2.53 bits per heavy atom. The van der Waals surface area contributed by atoms with Gasteiger partial charge in [0.15, 0.2) is 6.23 Å². The zero-order chi connectivity index (χ0) is 13.5. The van der Waals surface area contributed by atoms with E-state index < -0.39 is 21.6 Å². The second kappa shape index (κ2) is 7.78. The Morgan fingerprint density at radius 2 is 2.12 bits per heavy atom. The summed E-state index contributed by atoms with van der Waals surface area (Å²) in [5.74, 6) is -1.63. The van der Waals surface area contributed by atoms with Gasteiger partial charge in [-0.2, -0.15) is 0 Å². The first-order valence-electron chi connectivity index (χ1n) is 5.23. The molecule has 6 heteroatoms. The quantitative estimate of drug-likeness (QED) is 0.178. The maximum atomic E-state index is 11.7. The third-order valence-electron chi connectivity index (χ3n) is 1.56. The van der Waals surface area contributed by atoms with Gasteiger partial charge in [-0.1, -0.05) is 6.08 Å². The fraction of sp³-hybridized carbons (Fsp3) is 0.636. The number of Topliss-reactive ketones (excluding diaryl/α,β-unsaturated/α-hetero) is 1. The molecular weight excluding hydrogens is 337 g/mol. The Bertz CT molecular complexity index is 286. The van der Waals surface area contributed by atoms with Crippen LogP contribution in [-0.4, -0.2) is 34.7 Å². The number of ketones is 1. The molecule has 1 unspecified atom stereocenters. The largest absolute Gasteiger partial charge is 0.460 e. The first kappa shape index (κ1) is 16.5. The third kappa shape index (κ3) is 7.45. The lowest BCUT2D eigenvalue weighted by atomic mass is 10.3. The van der Waals surface area contributed by atoms with Gasteiger partial charge in [0.25, 0.3) is 5.78 Å². The lowest BCUT2D eigenvalue weighted by molar-refractivity contribution is -0.161. The van der Waals surface area contributed by atoms with Gasteiger partial charge in [0.05, 0.1) is 6.61 Å². The highest BCUT2D eigenvalue weighted by atomic mass is 127. The number of carbonyl (C=O) groups is 2. The fourth-order valence-corrected chi connectivity index (χ4v) is 1.22. The van der Waals surface area contributed by atoms with E-state index in [4.69, 9.17) is 4.74 Å². The summed E-state index contributed by atoms with van der Waals surface area (Å²) in [5.41, 5.74) is 0. The van der Waals surface area contributed by atoms with Crippen LogP contribution < -0.4 is 5.32 Å². The predicted molar refractivity (Wildman–Crippen MR) is 72.8 cm³/mol. The Morgan fingerprint density at radius 1 is 1.53 bits per heavy atom. The van der Waals surface area contributed by atoms with Crippen LogP contribution in [-0.2, 0) is 19.1 Å². The molecule has 0 radical (unpaired) electrons. The molecule has 0 saturated carbocycles. The Kier molecular flexibility index (Phi) is 7.56. The van der Waals surface area contributed by atoms with E-state index in [0.717, 1.165) is 0 Å². The third-order valence-corrected chi connectivity index (χ3v) is 1.81. The summed E-state index contributed by atoms with van der Waals surface area (Å²) >= 11 is 2.03. The number of nitrogens with one attached hydrogen (secondary N) is 1. The Hall–Kier alpha value is -0.470. The molecule has 0 heterocycles. The zero-order valence-corrected chi connectivity index (χ0v) is 12.4. The van der Waals surface area contributed by atoms with E-state index in [1.165, 1.54) is 0 Å². The van der Waals surface area contributed by atoms with Gasteiger partial charge in [-0.3, -0.25) is 10.1 Å². The number of rotatable bonds is 8. The van der Waals surface area contributed by atoms with Crippen molar-refractivity contribution in [2.24, 2.45) is 0 Å². The summed E-state index contributed by atoms with van der Waals surface area (Å²) in [7, 11) is 0. The van der Waals surface area contributed by atoms with Crippen LogP contribution in [0.5, 0.6) is 0 Å². The maximum Gasteiger partial charge on any atom is 0.378 e. The summed E-state index contributed by atoms with van der Waals surface area (Å²) in [6.07, 6.45) is 0.563. The van der Waals surface area contributed by atoms with E-state index in [0.29, 0.717) is 6.54 Å². The van der Waals surface area contributed by atoms with Gasteiger partial charge < -0.3 is 9.47 Å². The first-order valence-corrected chi connectivity index (χ1v) is 6.31. The minimum absolute atomic E-state index is 0.159. The molecule has 0 aliphatic rings. The van der Waals surface area contributed by atoms with Gasteiger partial charge in [0.2, 0.25) is 0 Å². The summed E-state index contributed by atoms with van der Waals surface area (Å²) in [6, 6.07) is 0. The van der Waals surface area contributed by atoms with Gasteiger partial charge in [-0.15, -0.1) is 6.58 Å². The number of hydrogen-bond donors (Lipinski definition) is 1. The molecule has 0 bridgehead atoms. The van der Waals surface area contributed by atoms with Crippen LogP contribution in [0.15, 0.2) is 12.7 Å². The van der Waals surface area contributed by atoms with Crippen molar-refractivity contribution in [1.82, 2.24) is 5.32 Å². The van der Waals surface area contributed by atoms with Crippen molar-refractivity contribution < 1.29 is 19.1 Å². The lowest BCUT2D eigenvalue weighted by Crippen LogP contribution is -2.46. The number of esters is 1. The van der Waals surface area contributed by atoms with Gasteiger partial charge in [-0.25, -0.2) is 4.79 Å². The normalized spacial score (nSPS) is 12.9. The molecule has 0 aliphatic heterocycles. The molecule has 0 fully saturated rings. The highest BCUT2D eigenvalue weighted by molar-refractivity contribution is 14.1. The van der Waals surface area contributed by atoms with E-state index in [1.54, 1.807) is 26.8 Å². The first-order chi connectivity index (χ1) is 7.81. The second-order valence-corrected chi connectivity index (χ2v) is 6.24. The average molecular weight is 355 g/mol. The zero-order valence-electron chi connectivity index (χ0n) is 10.3. The van der Waals surface area contributed by atoms with Gasteiger partial charge in [0, 0.05) is 6.54 Å². The van der Waals surface area contributed by atoms with E-state index in [-0.39, 0.29) is 6.61 Å². The van der Waals surface area contributed by atoms with Crippen LogP contribution in [0.3, 0.4) is 0 Å². The molecule has 1 N–H and O–H groups in total. The van der Waals surface area contributed by atoms with Crippen molar-refractivity contribution in [3.05, 3.63) is 12.7 Å². The predicted octanol–water partition coefficient (Wildman–Crippen LogP) is 1.41. The van der Waals surface area contributed by atoms with Crippen molar-refractivity contribution >= 4 is 34.3 Å². The number of carbonyl (C=O) groups excluding carboxylic acids is 2. The van der Waals surface area contributed by atoms with Crippen molar-refractivity contribution in [1.29, 1.82) is 0 Å². The average Bonchev–Trinajstić information content (AvgIpc) is 2.22. The van der Waals surface area contributed by atoms with Crippen LogP contribution in [0.4, 0.5) is 0 Å². The Balaban J connectivity index is 4.60. The molecule has 5 nitrogen and oxygen atoms in total. The number of ether oxygens (including phenoxy) is 2. The fourth-order valence-electron chi connectivity index (χ4n) is 0.968. The second-order valence-electron chi connectivity index (χ2n) is 3.64. The van der Waals surface area contributed by atoms with Gasteiger partial charge >= 0.3 is 5.97 Å². The van der Waals surface area contributed by atoms with Crippen LogP contribution in [0.1, 0.15) is 20.8 Å². The molecule has 0 rings (SSSR count). The van der Waals surface area contributed by atoms with Crippen LogP contribution in [0.2, 0.25) is 0 Å². The smallest absolute Gasteiger partial charge is 0.378 e. The number of alkyl halides is 1. The maximum absolute atomic E-state index is 11.7. The highest BCUT2D eigenvalue weighted by Gasteiger charge is 2.31. The molecule has 0 saturated heterocycles. The highest BCUT2D eigenvalue weighted by Crippen LogP contribution is 2.20. The molecule has 98 valence electrons. The molecule has 0 amide bonds. The minimum atomic E-state index is -1.01. The number of hydrogen-bond acceptors (Lipinski definition) is 5. The topological polar surface area (TPSA) is 64.6 Å². The molecule has 0 spiro atoms. The van der Waals surface area contributed by atoms with E-state index >= 15 is 0 Å². The number of halogens is 1. The summed E-state index contributed by atoms with van der Waals surface area (Å²) in [6.45, 7) is 9.26. The molecule has 0 aliphatic carbocycles. The molecule has 17 heavy (non-hydrogen) atoms. The van der Waals surface area contributed by atoms with Crippen LogP contribution in [0.25, 0.3) is 0 Å². The van der Waals surface area contributed by atoms with E-state index in [1.807, 2.05) is 22.6 Å². The Labute approximate surface area is 115 Å². The molecule has 1 atom stereocenters. The lowest BCUT2D eigenvalue weighted by Gasteiger charge is -2.24. The van der Waals surface area contributed by atoms with Crippen molar-refractivity contribution in [2.45, 2.75) is 30.6 Å². The SMILES string of the molecule is C=CCNC(OC(C)(C)I)C(=O)C(=O)OCC. The van der Waals surface area contributed by atoms with E-state index in [2.05, 4.69) is 16.6 Å². The summed E-state index contributed by atoms with van der Waals surface area (Å²) in [4.78, 5) is 23.0. The van der Waals surface area contributed by atoms with Crippen molar-refractivity contribution in [3.8, 4) is 0 Å². The monoisotopic (exact) mass is 355 g/mol. The van der Waals surface area contributed by atoms with E-state index in [9.17, 15) is 9.59 Å². The summed E-state index contributed by atoms with van der Waals surface area (Å²) in [5, 5.41) is 2.77. The van der Waals surface area contributed by atoms with Gasteiger partial charge in [-0.05, 0) is 43.4 Å².